The summed E-state index contributed by atoms with van der Waals surface area (Å²) in [6.45, 7) is 4.60. The molecule has 3 aliphatic rings. The second kappa shape index (κ2) is 9.48. The SMILES string of the molecule is COc1cc2c(cc1OC)[C@H]1CC[C@]3(C)[C@@H](NCCCCCCN)CC[C@H]3[C@@H]1CC2. The van der Waals surface area contributed by atoms with Crippen LogP contribution in [0.2, 0.25) is 0 Å². The first-order valence-electron chi connectivity index (χ1n) is 12.3. The van der Waals surface area contributed by atoms with E-state index in [-0.39, 0.29) is 0 Å². The van der Waals surface area contributed by atoms with E-state index in [2.05, 4.69) is 24.4 Å². The molecule has 4 nitrogen and oxygen atoms in total. The van der Waals surface area contributed by atoms with Crippen LogP contribution in [0.1, 0.15) is 81.8 Å². The summed E-state index contributed by atoms with van der Waals surface area (Å²) in [5, 5.41) is 3.98. The molecule has 4 heteroatoms. The van der Waals surface area contributed by atoms with Gasteiger partial charge in [-0.3, -0.25) is 0 Å². The summed E-state index contributed by atoms with van der Waals surface area (Å²) in [7, 11) is 3.50. The van der Waals surface area contributed by atoms with E-state index >= 15 is 0 Å². The highest BCUT2D eigenvalue weighted by Crippen LogP contribution is 2.61. The van der Waals surface area contributed by atoms with Gasteiger partial charge in [0.1, 0.15) is 0 Å². The second-order valence-electron chi connectivity index (χ2n) is 10.2. The Hall–Kier alpha value is -1.26. The number of benzene rings is 1. The standard InChI is InChI=1S/C26H42N2O2/c1-26-13-12-19-20(9-8-18-16-23(29-2)24(30-3)17-21(18)19)22(26)10-11-25(26)28-15-7-5-4-6-14-27/h16-17,19-20,22,25,28H,4-15,27H2,1-3H3/t19-,20+,22-,25-,26-/m0/s1. The number of hydrogen-bond acceptors (Lipinski definition) is 4. The summed E-state index contributed by atoms with van der Waals surface area (Å²) in [6, 6.07) is 5.23. The molecule has 0 amide bonds. The zero-order valence-electron chi connectivity index (χ0n) is 19.3. The monoisotopic (exact) mass is 414 g/mol. The highest BCUT2D eigenvalue weighted by Gasteiger charge is 2.54. The first-order chi connectivity index (χ1) is 14.6. The molecule has 0 radical (unpaired) electrons. The third kappa shape index (κ3) is 3.98. The maximum absolute atomic E-state index is 5.64. The van der Waals surface area contributed by atoms with E-state index in [1.54, 1.807) is 19.8 Å². The van der Waals surface area contributed by atoms with Gasteiger partial charge in [0.25, 0.3) is 0 Å². The van der Waals surface area contributed by atoms with Crippen LogP contribution in [0.5, 0.6) is 11.5 Å². The Bertz CT molecular complexity index is 721. The first-order valence-corrected chi connectivity index (χ1v) is 12.3. The molecular weight excluding hydrogens is 372 g/mol. The van der Waals surface area contributed by atoms with E-state index in [1.165, 1.54) is 76.3 Å². The summed E-state index contributed by atoms with van der Waals surface area (Å²) < 4.78 is 11.2. The molecule has 5 atom stereocenters. The number of rotatable bonds is 9. The summed E-state index contributed by atoms with van der Waals surface area (Å²) >= 11 is 0. The molecule has 0 aromatic heterocycles. The van der Waals surface area contributed by atoms with Gasteiger partial charge in [0.2, 0.25) is 0 Å². The van der Waals surface area contributed by atoms with Crippen molar-refractivity contribution in [3.05, 3.63) is 23.3 Å². The van der Waals surface area contributed by atoms with Crippen LogP contribution in [-0.4, -0.2) is 33.4 Å². The predicted octanol–water partition coefficient (Wildman–Crippen LogP) is 5.04. The van der Waals surface area contributed by atoms with Crippen molar-refractivity contribution in [2.75, 3.05) is 27.3 Å². The van der Waals surface area contributed by atoms with Crippen LogP contribution >= 0.6 is 0 Å². The molecule has 2 saturated carbocycles. The molecule has 0 unspecified atom stereocenters. The lowest BCUT2D eigenvalue weighted by molar-refractivity contribution is 0.0411. The van der Waals surface area contributed by atoms with Crippen molar-refractivity contribution in [3.8, 4) is 11.5 Å². The fourth-order valence-corrected chi connectivity index (χ4v) is 7.13. The van der Waals surface area contributed by atoms with Gasteiger partial charge in [-0.25, -0.2) is 0 Å². The van der Waals surface area contributed by atoms with Gasteiger partial charge in [-0.1, -0.05) is 19.8 Å². The van der Waals surface area contributed by atoms with Crippen LogP contribution in [0, 0.1) is 17.3 Å². The summed E-state index contributed by atoms with van der Waals surface area (Å²) in [5.74, 6) is 4.15. The number of aryl methyl sites for hydroxylation is 1. The number of ether oxygens (including phenoxy) is 2. The van der Waals surface area contributed by atoms with Gasteiger partial charge in [0.15, 0.2) is 11.5 Å². The van der Waals surface area contributed by atoms with Crippen molar-refractivity contribution in [2.24, 2.45) is 23.0 Å². The van der Waals surface area contributed by atoms with Crippen molar-refractivity contribution in [2.45, 2.75) is 83.1 Å². The number of unbranched alkanes of at least 4 members (excludes halogenated alkanes) is 3. The fraction of sp³-hybridized carbons (Fsp3) is 0.769. The molecule has 2 fully saturated rings. The molecule has 168 valence electrons. The molecule has 3 N–H and O–H groups in total. The van der Waals surface area contributed by atoms with Gasteiger partial charge in [-0.2, -0.15) is 0 Å². The average molecular weight is 415 g/mol. The fourth-order valence-electron chi connectivity index (χ4n) is 7.13. The summed E-state index contributed by atoms with van der Waals surface area (Å²) in [4.78, 5) is 0. The van der Waals surface area contributed by atoms with Crippen molar-refractivity contribution in [3.63, 3.8) is 0 Å². The van der Waals surface area contributed by atoms with Crippen LogP contribution in [0.15, 0.2) is 12.1 Å². The topological polar surface area (TPSA) is 56.5 Å². The Labute approximate surface area is 183 Å². The van der Waals surface area contributed by atoms with E-state index < -0.39 is 0 Å². The predicted molar refractivity (Wildman–Crippen MR) is 123 cm³/mol. The zero-order valence-corrected chi connectivity index (χ0v) is 19.3. The van der Waals surface area contributed by atoms with Gasteiger partial charge >= 0.3 is 0 Å². The lowest BCUT2D eigenvalue weighted by atomic mass is 9.55. The number of methoxy groups -OCH3 is 2. The smallest absolute Gasteiger partial charge is 0.161 e. The minimum absolute atomic E-state index is 0.465. The van der Waals surface area contributed by atoms with Crippen LogP contribution in [0.3, 0.4) is 0 Å². The van der Waals surface area contributed by atoms with E-state index in [0.29, 0.717) is 17.4 Å². The molecule has 1 aromatic carbocycles. The molecule has 3 aliphatic carbocycles. The third-order valence-corrected chi connectivity index (χ3v) is 8.75. The largest absolute Gasteiger partial charge is 0.493 e. The molecule has 0 saturated heterocycles. The minimum atomic E-state index is 0.465. The lowest BCUT2D eigenvalue weighted by Gasteiger charge is -2.51. The van der Waals surface area contributed by atoms with Gasteiger partial charge in [0, 0.05) is 6.04 Å². The normalized spacial score (nSPS) is 32.3. The van der Waals surface area contributed by atoms with Gasteiger partial charge in [-0.15, -0.1) is 0 Å². The van der Waals surface area contributed by atoms with Gasteiger partial charge in [0.05, 0.1) is 14.2 Å². The Morgan fingerprint density at radius 3 is 2.53 bits per heavy atom. The van der Waals surface area contributed by atoms with E-state index in [0.717, 1.165) is 29.9 Å². The van der Waals surface area contributed by atoms with Crippen LogP contribution < -0.4 is 20.5 Å². The van der Waals surface area contributed by atoms with E-state index in [1.807, 2.05) is 0 Å². The number of nitrogens with two attached hydrogens (primary N) is 1. The van der Waals surface area contributed by atoms with E-state index in [9.17, 15) is 0 Å². The molecule has 0 spiro atoms. The van der Waals surface area contributed by atoms with Crippen molar-refractivity contribution in [1.29, 1.82) is 0 Å². The molecule has 4 rings (SSSR count). The number of hydrogen-bond donors (Lipinski definition) is 2. The number of nitrogens with one attached hydrogen (secondary N) is 1. The average Bonchev–Trinajstić information content (AvgIpc) is 3.11. The highest BCUT2D eigenvalue weighted by atomic mass is 16.5. The minimum Gasteiger partial charge on any atom is -0.493 e. The summed E-state index contributed by atoms with van der Waals surface area (Å²) in [5.41, 5.74) is 9.12. The second-order valence-corrected chi connectivity index (χ2v) is 10.2. The molecule has 0 bridgehead atoms. The number of fused-ring (bicyclic) bond motifs is 5. The van der Waals surface area contributed by atoms with E-state index in [4.69, 9.17) is 15.2 Å². The Balaban J connectivity index is 1.43. The van der Waals surface area contributed by atoms with Crippen LogP contribution in [-0.2, 0) is 6.42 Å². The van der Waals surface area contributed by atoms with Crippen molar-refractivity contribution in [1.82, 2.24) is 5.32 Å². The van der Waals surface area contributed by atoms with Crippen molar-refractivity contribution >= 4 is 0 Å². The zero-order chi connectivity index (χ0) is 21.1. The van der Waals surface area contributed by atoms with Gasteiger partial charge in [-0.05, 0) is 111 Å². The first kappa shape index (κ1) is 22.0. The lowest BCUT2D eigenvalue weighted by Crippen LogP contribution is -2.48. The highest BCUT2D eigenvalue weighted by molar-refractivity contribution is 5.50. The van der Waals surface area contributed by atoms with Crippen LogP contribution in [0.4, 0.5) is 0 Å². The van der Waals surface area contributed by atoms with Gasteiger partial charge < -0.3 is 20.5 Å². The Morgan fingerprint density at radius 2 is 1.77 bits per heavy atom. The molecule has 0 aliphatic heterocycles. The molecule has 0 heterocycles. The molecule has 30 heavy (non-hydrogen) atoms. The Kier molecular flexibility index (Phi) is 6.94. The van der Waals surface area contributed by atoms with Crippen LogP contribution in [0.25, 0.3) is 0 Å². The molecule has 1 aromatic rings. The maximum Gasteiger partial charge on any atom is 0.161 e. The quantitative estimate of drug-likeness (QED) is 0.556. The molecular formula is C26H42N2O2. The third-order valence-electron chi connectivity index (χ3n) is 8.75. The van der Waals surface area contributed by atoms with Crippen molar-refractivity contribution < 1.29 is 9.47 Å². The maximum atomic E-state index is 5.64. The Morgan fingerprint density at radius 1 is 1.00 bits per heavy atom. The summed E-state index contributed by atoms with van der Waals surface area (Å²) in [6.07, 6.45) is 13.0.